The Morgan fingerprint density at radius 3 is 2.52 bits per heavy atom. The first kappa shape index (κ1) is 17.9. The summed E-state index contributed by atoms with van der Waals surface area (Å²) < 4.78 is 43.7. The van der Waals surface area contributed by atoms with Gasteiger partial charge in [0.1, 0.15) is 0 Å². The quantitative estimate of drug-likeness (QED) is 0.843. The molecule has 1 saturated heterocycles. The molecular formula is C17H21F3N4O. The molecule has 0 amide bonds. The standard InChI is InChI=1S/C17H21F3N4O/c1-12(16-21-13(2)22-25-16)24-8-6-23(7-9-24)11-14-4-3-5-15(10-14)17(18,19)20/h3-5,10,12H,6-9,11H2,1-2H3. The maximum atomic E-state index is 12.8. The number of hydrogen-bond donors (Lipinski definition) is 0. The maximum absolute atomic E-state index is 12.8. The van der Waals surface area contributed by atoms with Crippen LogP contribution >= 0.6 is 0 Å². The molecule has 8 heteroatoms. The Morgan fingerprint density at radius 2 is 1.92 bits per heavy atom. The summed E-state index contributed by atoms with van der Waals surface area (Å²) in [4.78, 5) is 8.68. The van der Waals surface area contributed by atoms with E-state index in [2.05, 4.69) is 19.9 Å². The molecule has 0 aliphatic carbocycles. The molecule has 1 atom stereocenters. The van der Waals surface area contributed by atoms with Crippen LogP contribution in [0.3, 0.4) is 0 Å². The molecular weight excluding hydrogens is 333 g/mol. The molecule has 1 aromatic carbocycles. The average Bonchev–Trinajstić information content (AvgIpc) is 3.01. The smallest absolute Gasteiger partial charge is 0.338 e. The number of hydrogen-bond acceptors (Lipinski definition) is 5. The topological polar surface area (TPSA) is 45.4 Å². The molecule has 0 saturated carbocycles. The average molecular weight is 354 g/mol. The highest BCUT2D eigenvalue weighted by molar-refractivity contribution is 5.25. The summed E-state index contributed by atoms with van der Waals surface area (Å²) in [7, 11) is 0. The summed E-state index contributed by atoms with van der Waals surface area (Å²) in [6.45, 7) is 7.51. The normalized spacial score (nSPS) is 18.4. The van der Waals surface area contributed by atoms with Gasteiger partial charge in [0.05, 0.1) is 11.6 Å². The van der Waals surface area contributed by atoms with Crippen LogP contribution in [0.4, 0.5) is 13.2 Å². The highest BCUT2D eigenvalue weighted by Crippen LogP contribution is 2.30. The van der Waals surface area contributed by atoms with Crippen LogP contribution in [0.25, 0.3) is 0 Å². The van der Waals surface area contributed by atoms with E-state index in [9.17, 15) is 13.2 Å². The van der Waals surface area contributed by atoms with Crippen LogP contribution < -0.4 is 0 Å². The van der Waals surface area contributed by atoms with Gasteiger partial charge in [-0.1, -0.05) is 23.4 Å². The van der Waals surface area contributed by atoms with Crippen molar-refractivity contribution < 1.29 is 17.7 Å². The van der Waals surface area contributed by atoms with E-state index in [0.29, 0.717) is 23.8 Å². The molecule has 136 valence electrons. The van der Waals surface area contributed by atoms with Gasteiger partial charge in [-0.05, 0) is 25.5 Å². The zero-order valence-electron chi connectivity index (χ0n) is 14.3. The van der Waals surface area contributed by atoms with Crippen LogP contribution in [0, 0.1) is 6.92 Å². The largest absolute Gasteiger partial charge is 0.416 e. The minimum absolute atomic E-state index is 0.0388. The lowest BCUT2D eigenvalue weighted by Gasteiger charge is -2.36. The summed E-state index contributed by atoms with van der Waals surface area (Å²) in [6, 6.07) is 5.59. The lowest BCUT2D eigenvalue weighted by Crippen LogP contribution is -2.46. The molecule has 0 spiro atoms. The lowest BCUT2D eigenvalue weighted by atomic mass is 10.1. The molecule has 5 nitrogen and oxygen atoms in total. The highest BCUT2D eigenvalue weighted by Gasteiger charge is 2.31. The van der Waals surface area contributed by atoms with Crippen LogP contribution in [0.1, 0.15) is 35.8 Å². The lowest BCUT2D eigenvalue weighted by molar-refractivity contribution is -0.137. The molecule has 2 aromatic rings. The van der Waals surface area contributed by atoms with E-state index in [4.69, 9.17) is 4.52 Å². The number of aromatic nitrogens is 2. The van der Waals surface area contributed by atoms with Crippen molar-refractivity contribution in [3.63, 3.8) is 0 Å². The first-order chi connectivity index (χ1) is 11.8. The highest BCUT2D eigenvalue weighted by atomic mass is 19.4. The van der Waals surface area contributed by atoms with Gasteiger partial charge < -0.3 is 4.52 Å². The predicted octanol–water partition coefficient (Wildman–Crippen LogP) is 3.28. The second-order valence-electron chi connectivity index (χ2n) is 6.37. The Morgan fingerprint density at radius 1 is 1.20 bits per heavy atom. The second-order valence-corrected chi connectivity index (χ2v) is 6.37. The fraction of sp³-hybridized carbons (Fsp3) is 0.529. The molecule has 1 aliphatic heterocycles. The zero-order valence-corrected chi connectivity index (χ0v) is 14.3. The van der Waals surface area contributed by atoms with Crippen LogP contribution in [0.5, 0.6) is 0 Å². The maximum Gasteiger partial charge on any atom is 0.416 e. The van der Waals surface area contributed by atoms with Crippen molar-refractivity contribution in [3.8, 4) is 0 Å². The van der Waals surface area contributed by atoms with Gasteiger partial charge in [-0.25, -0.2) is 0 Å². The zero-order chi connectivity index (χ0) is 18.0. The van der Waals surface area contributed by atoms with Gasteiger partial charge in [0.25, 0.3) is 0 Å². The monoisotopic (exact) mass is 354 g/mol. The minimum atomic E-state index is -4.30. The molecule has 1 unspecified atom stereocenters. The second kappa shape index (κ2) is 7.13. The minimum Gasteiger partial charge on any atom is -0.338 e. The van der Waals surface area contributed by atoms with Gasteiger partial charge in [0.15, 0.2) is 5.82 Å². The molecule has 2 heterocycles. The van der Waals surface area contributed by atoms with Crippen molar-refractivity contribution in [3.05, 3.63) is 47.1 Å². The molecule has 25 heavy (non-hydrogen) atoms. The van der Waals surface area contributed by atoms with Crippen molar-refractivity contribution in [2.24, 2.45) is 0 Å². The van der Waals surface area contributed by atoms with E-state index < -0.39 is 11.7 Å². The van der Waals surface area contributed by atoms with Crippen molar-refractivity contribution >= 4 is 0 Å². The van der Waals surface area contributed by atoms with Gasteiger partial charge in [0, 0.05) is 32.7 Å². The van der Waals surface area contributed by atoms with Crippen LogP contribution in [0.15, 0.2) is 28.8 Å². The van der Waals surface area contributed by atoms with Crippen LogP contribution in [-0.2, 0) is 12.7 Å². The molecule has 3 rings (SSSR count). The van der Waals surface area contributed by atoms with E-state index in [-0.39, 0.29) is 6.04 Å². The molecule has 1 aromatic heterocycles. The summed E-state index contributed by atoms with van der Waals surface area (Å²) in [5.74, 6) is 1.22. The fourth-order valence-electron chi connectivity index (χ4n) is 3.05. The van der Waals surface area contributed by atoms with Gasteiger partial charge in [-0.2, -0.15) is 18.2 Å². The predicted molar refractivity (Wildman–Crippen MR) is 85.7 cm³/mol. The van der Waals surface area contributed by atoms with Crippen molar-refractivity contribution in [1.29, 1.82) is 0 Å². The number of alkyl halides is 3. The first-order valence-corrected chi connectivity index (χ1v) is 8.25. The number of piperazine rings is 1. The summed E-state index contributed by atoms with van der Waals surface area (Å²) in [5.41, 5.74) is 0.0906. The fourth-order valence-corrected chi connectivity index (χ4v) is 3.05. The van der Waals surface area contributed by atoms with Crippen molar-refractivity contribution in [2.75, 3.05) is 26.2 Å². The third-order valence-corrected chi connectivity index (χ3v) is 4.52. The third kappa shape index (κ3) is 4.38. The number of rotatable bonds is 4. The molecule has 0 bridgehead atoms. The summed E-state index contributed by atoms with van der Waals surface area (Å²) in [5, 5.41) is 3.82. The molecule has 0 N–H and O–H groups in total. The third-order valence-electron chi connectivity index (χ3n) is 4.52. The molecule has 1 aliphatic rings. The van der Waals surface area contributed by atoms with Crippen LogP contribution in [-0.4, -0.2) is 46.1 Å². The SMILES string of the molecule is Cc1noc(C(C)N2CCN(Cc3cccc(C(F)(F)F)c3)CC2)n1. The summed E-state index contributed by atoms with van der Waals surface area (Å²) >= 11 is 0. The van der Waals surface area contributed by atoms with Crippen molar-refractivity contribution in [2.45, 2.75) is 32.6 Å². The Hall–Kier alpha value is -1.93. The van der Waals surface area contributed by atoms with Gasteiger partial charge >= 0.3 is 6.18 Å². The number of nitrogens with zero attached hydrogens (tertiary/aromatic N) is 4. The van der Waals surface area contributed by atoms with Gasteiger partial charge in [0.2, 0.25) is 5.89 Å². The van der Waals surface area contributed by atoms with Gasteiger partial charge in [-0.15, -0.1) is 0 Å². The Balaban J connectivity index is 1.56. The Labute approximate surface area is 144 Å². The number of halogens is 3. The van der Waals surface area contributed by atoms with Crippen LogP contribution in [0.2, 0.25) is 0 Å². The van der Waals surface area contributed by atoms with E-state index >= 15 is 0 Å². The van der Waals surface area contributed by atoms with E-state index in [1.807, 2.05) is 6.92 Å². The first-order valence-electron chi connectivity index (χ1n) is 8.25. The number of benzene rings is 1. The van der Waals surface area contributed by atoms with Crippen molar-refractivity contribution in [1.82, 2.24) is 19.9 Å². The number of aryl methyl sites for hydroxylation is 1. The molecule has 0 radical (unpaired) electrons. The van der Waals surface area contributed by atoms with E-state index in [1.165, 1.54) is 12.1 Å². The van der Waals surface area contributed by atoms with E-state index in [1.54, 1.807) is 13.0 Å². The Bertz CT molecular complexity index is 708. The Kier molecular flexibility index (Phi) is 5.10. The molecule has 1 fully saturated rings. The van der Waals surface area contributed by atoms with Gasteiger partial charge in [-0.3, -0.25) is 9.80 Å². The summed E-state index contributed by atoms with van der Waals surface area (Å²) in [6.07, 6.45) is -4.30. The van der Waals surface area contributed by atoms with E-state index in [0.717, 1.165) is 32.2 Å².